The van der Waals surface area contributed by atoms with Crippen molar-refractivity contribution in [2.45, 2.75) is 18.9 Å². The van der Waals surface area contributed by atoms with E-state index < -0.39 is 12.1 Å². The van der Waals surface area contributed by atoms with Crippen molar-refractivity contribution < 1.29 is 18.7 Å². The standard InChI is InChI=1S/C18H16FN3O3/c19-12-1-4-15-11(7-12)9-16(25-15)17(23)21-13-2-3-14-10(8-13)5-6-22(14)18(20)24/h1-4,7-8,16H,5-6,9H2,(H2,20,24)(H,21,23)/t16-/m1/s1. The fraction of sp³-hybridized carbons (Fsp3) is 0.222. The Balaban J connectivity index is 1.47. The summed E-state index contributed by atoms with van der Waals surface area (Å²) in [5.41, 5.74) is 8.37. The summed E-state index contributed by atoms with van der Waals surface area (Å²) in [6, 6.07) is 9.06. The van der Waals surface area contributed by atoms with Gasteiger partial charge in [0.2, 0.25) is 0 Å². The highest BCUT2D eigenvalue weighted by Crippen LogP contribution is 2.32. The molecule has 7 heteroatoms. The van der Waals surface area contributed by atoms with E-state index in [9.17, 15) is 14.0 Å². The Morgan fingerprint density at radius 1 is 1.20 bits per heavy atom. The van der Waals surface area contributed by atoms with Crippen LogP contribution in [0.4, 0.5) is 20.6 Å². The van der Waals surface area contributed by atoms with Gasteiger partial charge in [0.25, 0.3) is 5.91 Å². The van der Waals surface area contributed by atoms with Crippen molar-refractivity contribution >= 4 is 23.3 Å². The van der Waals surface area contributed by atoms with Gasteiger partial charge in [0.05, 0.1) is 0 Å². The summed E-state index contributed by atoms with van der Waals surface area (Å²) >= 11 is 0. The lowest BCUT2D eigenvalue weighted by Crippen LogP contribution is -2.34. The molecule has 3 N–H and O–H groups in total. The van der Waals surface area contributed by atoms with Gasteiger partial charge < -0.3 is 15.8 Å². The number of amides is 3. The van der Waals surface area contributed by atoms with E-state index in [1.165, 1.54) is 23.1 Å². The molecular weight excluding hydrogens is 325 g/mol. The number of primary amides is 1. The first-order chi connectivity index (χ1) is 12.0. The summed E-state index contributed by atoms with van der Waals surface area (Å²) < 4.78 is 18.8. The van der Waals surface area contributed by atoms with Gasteiger partial charge in [-0.15, -0.1) is 0 Å². The molecule has 0 bridgehead atoms. The molecule has 2 aliphatic rings. The van der Waals surface area contributed by atoms with E-state index in [0.717, 1.165) is 11.3 Å². The topological polar surface area (TPSA) is 84.7 Å². The van der Waals surface area contributed by atoms with Crippen molar-refractivity contribution in [1.29, 1.82) is 0 Å². The van der Waals surface area contributed by atoms with Crippen molar-refractivity contribution in [2.75, 3.05) is 16.8 Å². The van der Waals surface area contributed by atoms with Crippen LogP contribution in [0, 0.1) is 5.82 Å². The Bertz CT molecular complexity index is 884. The van der Waals surface area contributed by atoms with E-state index in [4.69, 9.17) is 10.5 Å². The number of carbonyl (C=O) groups is 2. The number of urea groups is 1. The number of nitrogens with two attached hydrogens (primary N) is 1. The van der Waals surface area contributed by atoms with Crippen LogP contribution < -0.4 is 20.7 Å². The van der Waals surface area contributed by atoms with Crippen LogP contribution >= 0.6 is 0 Å². The lowest BCUT2D eigenvalue weighted by atomic mass is 10.1. The van der Waals surface area contributed by atoms with Crippen LogP contribution in [-0.2, 0) is 17.6 Å². The number of ether oxygens (including phenoxy) is 1. The Kier molecular flexibility index (Phi) is 3.56. The molecule has 0 spiro atoms. The van der Waals surface area contributed by atoms with Gasteiger partial charge in [-0.2, -0.15) is 0 Å². The van der Waals surface area contributed by atoms with Crippen molar-refractivity contribution in [1.82, 2.24) is 0 Å². The molecule has 2 aromatic rings. The zero-order valence-electron chi connectivity index (χ0n) is 13.3. The third-order valence-electron chi connectivity index (χ3n) is 4.50. The van der Waals surface area contributed by atoms with Gasteiger partial charge in [-0.05, 0) is 48.4 Å². The monoisotopic (exact) mass is 341 g/mol. The van der Waals surface area contributed by atoms with Crippen LogP contribution in [0.15, 0.2) is 36.4 Å². The number of nitrogens with one attached hydrogen (secondary N) is 1. The normalized spacial score (nSPS) is 17.6. The van der Waals surface area contributed by atoms with Gasteiger partial charge in [0.15, 0.2) is 6.10 Å². The third kappa shape index (κ3) is 2.77. The first-order valence-electron chi connectivity index (χ1n) is 7.97. The average Bonchev–Trinajstić information content (AvgIpc) is 3.17. The summed E-state index contributed by atoms with van der Waals surface area (Å²) in [5.74, 6) is -0.102. The molecule has 128 valence electrons. The van der Waals surface area contributed by atoms with E-state index in [1.807, 2.05) is 6.07 Å². The smallest absolute Gasteiger partial charge is 0.319 e. The van der Waals surface area contributed by atoms with Crippen molar-refractivity contribution in [3.8, 4) is 5.75 Å². The summed E-state index contributed by atoms with van der Waals surface area (Å²) in [6.45, 7) is 0.536. The molecule has 4 rings (SSSR count). The number of carbonyl (C=O) groups excluding carboxylic acids is 2. The lowest BCUT2D eigenvalue weighted by Gasteiger charge is -2.15. The van der Waals surface area contributed by atoms with Crippen LogP contribution in [0.1, 0.15) is 11.1 Å². The first kappa shape index (κ1) is 15.4. The quantitative estimate of drug-likeness (QED) is 0.878. The minimum Gasteiger partial charge on any atom is -0.480 e. The molecule has 0 saturated carbocycles. The molecule has 1 atom stereocenters. The van der Waals surface area contributed by atoms with Gasteiger partial charge in [-0.25, -0.2) is 9.18 Å². The van der Waals surface area contributed by atoms with Gasteiger partial charge in [-0.3, -0.25) is 9.69 Å². The summed E-state index contributed by atoms with van der Waals surface area (Å²) in [5, 5.41) is 2.81. The lowest BCUT2D eigenvalue weighted by molar-refractivity contribution is -0.122. The van der Waals surface area contributed by atoms with E-state index in [1.54, 1.807) is 12.1 Å². The molecule has 0 aromatic heterocycles. The molecule has 0 unspecified atom stereocenters. The van der Waals surface area contributed by atoms with Crippen LogP contribution in [0.3, 0.4) is 0 Å². The van der Waals surface area contributed by atoms with Crippen LogP contribution in [-0.4, -0.2) is 24.6 Å². The molecular formula is C18H16FN3O3. The Hall–Kier alpha value is -3.09. The Labute approximate surface area is 143 Å². The zero-order valence-corrected chi connectivity index (χ0v) is 13.3. The number of rotatable bonds is 2. The average molecular weight is 341 g/mol. The number of anilines is 2. The van der Waals surface area contributed by atoms with Crippen LogP contribution in [0.2, 0.25) is 0 Å². The molecule has 0 radical (unpaired) electrons. The molecule has 25 heavy (non-hydrogen) atoms. The number of nitrogens with zero attached hydrogens (tertiary/aromatic N) is 1. The highest BCUT2D eigenvalue weighted by molar-refractivity contribution is 5.97. The number of hydrogen-bond donors (Lipinski definition) is 2. The second-order valence-corrected chi connectivity index (χ2v) is 6.14. The minimum atomic E-state index is -0.688. The van der Waals surface area contributed by atoms with E-state index in [-0.39, 0.29) is 11.7 Å². The predicted octanol–water partition coefficient (Wildman–Crippen LogP) is 2.21. The SMILES string of the molecule is NC(=O)N1CCc2cc(NC(=O)[C@H]3Cc4cc(F)ccc4O3)ccc21. The Morgan fingerprint density at radius 2 is 2.04 bits per heavy atom. The molecule has 6 nitrogen and oxygen atoms in total. The van der Waals surface area contributed by atoms with E-state index in [0.29, 0.717) is 36.4 Å². The summed E-state index contributed by atoms with van der Waals surface area (Å²) in [4.78, 5) is 25.3. The van der Waals surface area contributed by atoms with Gasteiger partial charge >= 0.3 is 6.03 Å². The largest absolute Gasteiger partial charge is 0.480 e. The molecule has 3 amide bonds. The van der Waals surface area contributed by atoms with Crippen LogP contribution in [0.25, 0.3) is 0 Å². The first-order valence-corrected chi connectivity index (χ1v) is 7.97. The van der Waals surface area contributed by atoms with Crippen molar-refractivity contribution in [3.63, 3.8) is 0 Å². The van der Waals surface area contributed by atoms with E-state index >= 15 is 0 Å². The van der Waals surface area contributed by atoms with Crippen molar-refractivity contribution in [2.24, 2.45) is 5.73 Å². The number of hydrogen-bond acceptors (Lipinski definition) is 3. The van der Waals surface area contributed by atoms with Gasteiger partial charge in [0, 0.05) is 29.9 Å². The molecule has 0 saturated heterocycles. The maximum Gasteiger partial charge on any atom is 0.319 e. The molecule has 2 aliphatic heterocycles. The summed E-state index contributed by atoms with van der Waals surface area (Å²) in [7, 11) is 0. The summed E-state index contributed by atoms with van der Waals surface area (Å²) in [6.07, 6.45) is 0.332. The number of benzene rings is 2. The third-order valence-corrected chi connectivity index (χ3v) is 4.50. The van der Waals surface area contributed by atoms with E-state index in [2.05, 4.69) is 5.32 Å². The van der Waals surface area contributed by atoms with Crippen molar-refractivity contribution in [3.05, 3.63) is 53.3 Å². The molecule has 0 aliphatic carbocycles. The predicted molar refractivity (Wildman–Crippen MR) is 90.2 cm³/mol. The maximum absolute atomic E-state index is 13.3. The van der Waals surface area contributed by atoms with Crippen LogP contribution in [0.5, 0.6) is 5.75 Å². The molecule has 0 fully saturated rings. The second-order valence-electron chi connectivity index (χ2n) is 6.14. The highest BCUT2D eigenvalue weighted by atomic mass is 19.1. The Morgan fingerprint density at radius 3 is 2.84 bits per heavy atom. The molecule has 2 heterocycles. The number of halogens is 1. The van der Waals surface area contributed by atoms with Gasteiger partial charge in [0.1, 0.15) is 11.6 Å². The second kappa shape index (κ2) is 5.77. The fourth-order valence-corrected chi connectivity index (χ4v) is 3.29. The number of fused-ring (bicyclic) bond motifs is 2. The maximum atomic E-state index is 13.3. The fourth-order valence-electron chi connectivity index (χ4n) is 3.29. The minimum absolute atomic E-state index is 0.290. The van der Waals surface area contributed by atoms with Gasteiger partial charge in [-0.1, -0.05) is 0 Å². The zero-order chi connectivity index (χ0) is 17.6. The molecule has 2 aromatic carbocycles. The highest BCUT2D eigenvalue weighted by Gasteiger charge is 2.30.